The minimum Gasteiger partial charge on any atom is -0.463 e. The molecule has 0 bridgehead atoms. The molecule has 0 aliphatic rings. The van der Waals surface area contributed by atoms with Gasteiger partial charge in [0.1, 0.15) is 6.04 Å². The Bertz CT molecular complexity index is 1330. The third-order valence-electron chi connectivity index (χ3n) is 5.42. The topological polar surface area (TPSA) is 189 Å². The molecule has 0 saturated heterocycles. The molecule has 3 rings (SSSR count). The van der Waals surface area contributed by atoms with Crippen molar-refractivity contribution in [3.05, 3.63) is 41.7 Å². The number of aromatic nitrogens is 4. The first-order chi connectivity index (χ1) is 18.4. The van der Waals surface area contributed by atoms with Gasteiger partial charge in [-0.3, -0.25) is 9.59 Å². The number of carbonyl (C=O) groups is 3. The molecule has 13 nitrogen and oxygen atoms in total. The van der Waals surface area contributed by atoms with Crippen molar-refractivity contribution in [3.63, 3.8) is 0 Å². The molecule has 1 atom stereocenters. The Hall–Kier alpha value is -4.55. The lowest BCUT2D eigenvalue weighted by molar-refractivity contribution is -0.151. The molecule has 0 saturated carbocycles. The molecule has 2 aromatic heterocycles. The predicted octanol–water partition coefficient (Wildman–Crippen LogP) is 2.00. The predicted molar refractivity (Wildman–Crippen MR) is 145 cm³/mol. The van der Waals surface area contributed by atoms with Gasteiger partial charge in [-0.1, -0.05) is 0 Å². The molecular formula is C26H34N8O5. The first kappa shape index (κ1) is 29.0. The van der Waals surface area contributed by atoms with Gasteiger partial charge in [0.2, 0.25) is 5.95 Å². The highest BCUT2D eigenvalue weighted by molar-refractivity contribution is 5.97. The van der Waals surface area contributed by atoms with E-state index >= 15 is 0 Å². The third-order valence-corrected chi connectivity index (χ3v) is 5.42. The first-order valence-electron chi connectivity index (χ1n) is 12.5. The van der Waals surface area contributed by atoms with E-state index in [4.69, 9.17) is 20.9 Å². The molecule has 2 heterocycles. The van der Waals surface area contributed by atoms with Crippen LogP contribution in [0.1, 0.15) is 56.6 Å². The summed E-state index contributed by atoms with van der Waals surface area (Å²) in [7, 11) is 1.86. The molecule has 0 unspecified atom stereocenters. The van der Waals surface area contributed by atoms with Crippen LogP contribution in [-0.2, 0) is 25.6 Å². The summed E-state index contributed by atoms with van der Waals surface area (Å²) in [5.41, 5.74) is 14.0. The molecule has 0 fully saturated rings. The van der Waals surface area contributed by atoms with Gasteiger partial charge in [-0.2, -0.15) is 9.97 Å². The number of anilines is 3. The van der Waals surface area contributed by atoms with E-state index in [9.17, 15) is 14.4 Å². The molecule has 13 heteroatoms. The number of carbonyl (C=O) groups excluding carboxylic acids is 3. The van der Waals surface area contributed by atoms with Crippen LogP contribution in [0.5, 0.6) is 0 Å². The normalized spacial score (nSPS) is 11.9. The number of ether oxygens (including phenoxy) is 2. The van der Waals surface area contributed by atoms with E-state index in [-0.39, 0.29) is 36.8 Å². The standard InChI is InChI=1S/C26H34N8O5/c1-14(2)38-20(35)11-10-19(25(37)39-15(3)4)31-24(36)16-6-8-18(9-7-16)34(5)13-17-12-29-23-21(30-17)22(27)32-26(28)33-23/h6-9,12,14-15,19H,10-11,13H2,1-5H3,(H,31,36)(H4,27,28,29,32,33)/t19-/m0/s1. The van der Waals surface area contributed by atoms with Crippen LogP contribution >= 0.6 is 0 Å². The van der Waals surface area contributed by atoms with Crippen LogP contribution in [0.15, 0.2) is 30.5 Å². The Balaban J connectivity index is 1.66. The summed E-state index contributed by atoms with van der Waals surface area (Å²) in [6, 6.07) is 5.81. The molecule has 39 heavy (non-hydrogen) atoms. The van der Waals surface area contributed by atoms with Gasteiger partial charge in [-0.25, -0.2) is 14.8 Å². The Labute approximate surface area is 226 Å². The van der Waals surface area contributed by atoms with E-state index in [2.05, 4.69) is 25.3 Å². The monoisotopic (exact) mass is 538 g/mol. The number of hydrogen-bond acceptors (Lipinski definition) is 12. The average molecular weight is 539 g/mol. The molecule has 5 N–H and O–H groups in total. The number of rotatable bonds is 11. The van der Waals surface area contributed by atoms with Crippen molar-refractivity contribution in [1.82, 2.24) is 25.3 Å². The number of nitrogens with zero attached hydrogens (tertiary/aromatic N) is 5. The highest BCUT2D eigenvalue weighted by Crippen LogP contribution is 2.19. The zero-order chi connectivity index (χ0) is 28.7. The number of benzene rings is 1. The first-order valence-corrected chi connectivity index (χ1v) is 12.5. The number of fused-ring (bicyclic) bond motifs is 1. The van der Waals surface area contributed by atoms with Crippen LogP contribution in [0.4, 0.5) is 17.5 Å². The van der Waals surface area contributed by atoms with Crippen LogP contribution in [0.2, 0.25) is 0 Å². The molecule has 208 valence electrons. The second kappa shape index (κ2) is 12.8. The molecular weight excluding hydrogens is 504 g/mol. The zero-order valence-electron chi connectivity index (χ0n) is 22.7. The molecule has 0 radical (unpaired) electrons. The fraction of sp³-hybridized carbons (Fsp3) is 0.423. The fourth-order valence-electron chi connectivity index (χ4n) is 3.65. The van der Waals surface area contributed by atoms with E-state index in [1.165, 1.54) is 0 Å². The van der Waals surface area contributed by atoms with Crippen molar-refractivity contribution < 1.29 is 23.9 Å². The summed E-state index contributed by atoms with van der Waals surface area (Å²) >= 11 is 0. The number of nitrogen functional groups attached to an aromatic ring is 2. The van der Waals surface area contributed by atoms with Gasteiger partial charge in [0.25, 0.3) is 5.91 Å². The molecule has 3 aromatic rings. The van der Waals surface area contributed by atoms with Crippen molar-refractivity contribution in [1.29, 1.82) is 0 Å². The Morgan fingerprint density at radius 2 is 1.64 bits per heavy atom. The Morgan fingerprint density at radius 3 is 2.28 bits per heavy atom. The van der Waals surface area contributed by atoms with Gasteiger partial charge >= 0.3 is 11.9 Å². The highest BCUT2D eigenvalue weighted by atomic mass is 16.5. The van der Waals surface area contributed by atoms with Gasteiger partial charge in [-0.05, 0) is 58.4 Å². The molecule has 0 aliphatic carbocycles. The second-order valence-corrected chi connectivity index (χ2v) is 9.49. The third kappa shape index (κ3) is 8.22. The van der Waals surface area contributed by atoms with Crippen molar-refractivity contribution in [2.75, 3.05) is 23.4 Å². The van der Waals surface area contributed by atoms with Crippen LogP contribution in [0.3, 0.4) is 0 Å². The summed E-state index contributed by atoms with van der Waals surface area (Å²) in [6.45, 7) is 7.29. The largest absolute Gasteiger partial charge is 0.463 e. The van der Waals surface area contributed by atoms with Gasteiger partial charge in [-0.15, -0.1) is 0 Å². The highest BCUT2D eigenvalue weighted by Gasteiger charge is 2.25. The summed E-state index contributed by atoms with van der Waals surface area (Å²) in [5, 5.41) is 2.68. The molecule has 1 amide bonds. The van der Waals surface area contributed by atoms with Crippen LogP contribution in [0.25, 0.3) is 11.2 Å². The summed E-state index contributed by atoms with van der Waals surface area (Å²) in [6.07, 6.45) is 0.953. The molecule has 1 aromatic carbocycles. The quantitative estimate of drug-likeness (QED) is 0.302. The Morgan fingerprint density at radius 1 is 0.974 bits per heavy atom. The maximum absolute atomic E-state index is 12.9. The van der Waals surface area contributed by atoms with Crippen molar-refractivity contribution >= 4 is 46.5 Å². The van der Waals surface area contributed by atoms with E-state index in [1.807, 2.05) is 11.9 Å². The minimum atomic E-state index is -1.000. The summed E-state index contributed by atoms with van der Waals surface area (Å²) in [4.78, 5) is 56.1. The number of amides is 1. The van der Waals surface area contributed by atoms with E-state index in [0.717, 1.165) is 5.69 Å². The minimum absolute atomic E-state index is 0.0278. The second-order valence-electron chi connectivity index (χ2n) is 9.49. The number of hydrogen-bond donors (Lipinski definition) is 3. The average Bonchev–Trinajstić information content (AvgIpc) is 2.85. The van der Waals surface area contributed by atoms with Crippen molar-refractivity contribution in [2.45, 2.75) is 65.3 Å². The number of nitrogens with one attached hydrogen (secondary N) is 1. The summed E-state index contributed by atoms with van der Waals surface area (Å²) < 4.78 is 10.4. The fourth-order valence-corrected chi connectivity index (χ4v) is 3.65. The molecule has 0 aliphatic heterocycles. The van der Waals surface area contributed by atoms with Gasteiger partial charge in [0, 0.05) is 24.7 Å². The van der Waals surface area contributed by atoms with Crippen molar-refractivity contribution in [2.24, 2.45) is 0 Å². The van der Waals surface area contributed by atoms with E-state index in [1.54, 1.807) is 58.2 Å². The Kier molecular flexibility index (Phi) is 9.52. The lowest BCUT2D eigenvalue weighted by Crippen LogP contribution is -2.43. The number of nitrogens with two attached hydrogens (primary N) is 2. The van der Waals surface area contributed by atoms with E-state index < -0.39 is 23.9 Å². The SMILES string of the molecule is CC(C)OC(=O)CC[C@H](NC(=O)c1ccc(N(C)Cc2cnc3nc(N)nc(N)c3n2)cc1)C(=O)OC(C)C. The molecule has 0 spiro atoms. The van der Waals surface area contributed by atoms with E-state index in [0.29, 0.717) is 29.0 Å². The smallest absolute Gasteiger partial charge is 0.328 e. The van der Waals surface area contributed by atoms with Gasteiger partial charge in [0.15, 0.2) is 17.0 Å². The maximum atomic E-state index is 12.9. The van der Waals surface area contributed by atoms with Crippen LogP contribution in [-0.4, -0.2) is 63.1 Å². The maximum Gasteiger partial charge on any atom is 0.328 e. The van der Waals surface area contributed by atoms with Crippen molar-refractivity contribution in [3.8, 4) is 0 Å². The van der Waals surface area contributed by atoms with Crippen LogP contribution in [0, 0.1) is 0 Å². The van der Waals surface area contributed by atoms with Gasteiger partial charge < -0.3 is 31.2 Å². The summed E-state index contributed by atoms with van der Waals surface area (Å²) in [5.74, 6) is -1.36. The van der Waals surface area contributed by atoms with Crippen LogP contribution < -0.4 is 21.7 Å². The van der Waals surface area contributed by atoms with Gasteiger partial charge in [0.05, 0.1) is 30.6 Å². The zero-order valence-corrected chi connectivity index (χ0v) is 22.7. The number of esters is 2. The lowest BCUT2D eigenvalue weighted by atomic mass is 10.1. The lowest BCUT2D eigenvalue weighted by Gasteiger charge is -2.20.